The predicted octanol–water partition coefficient (Wildman–Crippen LogP) is 3.00. The minimum Gasteiger partial charge on any atom is -0.339 e. The highest BCUT2D eigenvalue weighted by Gasteiger charge is 2.23. The molecule has 1 N–H and O–H groups in total. The van der Waals surface area contributed by atoms with Crippen molar-refractivity contribution in [2.24, 2.45) is 0 Å². The minimum atomic E-state index is 0.578. The van der Waals surface area contributed by atoms with Gasteiger partial charge in [0.1, 0.15) is 0 Å². The van der Waals surface area contributed by atoms with Crippen molar-refractivity contribution in [2.45, 2.75) is 64.5 Å². The van der Waals surface area contributed by atoms with Crippen LogP contribution in [-0.2, 0) is 0 Å². The summed E-state index contributed by atoms with van der Waals surface area (Å²) in [6.45, 7) is 6.66. The van der Waals surface area contributed by atoms with Gasteiger partial charge in [0.15, 0.2) is 0 Å². The van der Waals surface area contributed by atoms with Crippen molar-refractivity contribution in [3.63, 3.8) is 0 Å². The van der Waals surface area contributed by atoms with Gasteiger partial charge in [-0.3, -0.25) is 0 Å². The van der Waals surface area contributed by atoms with Gasteiger partial charge in [0.2, 0.25) is 5.95 Å². The van der Waals surface area contributed by atoms with Crippen molar-refractivity contribution in [3.8, 4) is 0 Å². The van der Waals surface area contributed by atoms with Crippen molar-refractivity contribution in [2.75, 3.05) is 18.0 Å². The van der Waals surface area contributed by atoms with Gasteiger partial charge in [0.25, 0.3) is 0 Å². The van der Waals surface area contributed by atoms with E-state index in [0.29, 0.717) is 12.1 Å². The molecule has 4 heteroatoms. The number of hydrogen-bond acceptors (Lipinski definition) is 4. The molecule has 112 valence electrons. The SMILES string of the molecule is CCCCC(CC)NC1CCCN(c2ncccn2)C1. The van der Waals surface area contributed by atoms with E-state index in [1.165, 1.54) is 38.5 Å². The lowest BCUT2D eigenvalue weighted by Crippen LogP contribution is -2.49. The standard InChI is InChI=1S/C16H28N4/c1-3-5-8-14(4-2)19-15-9-6-12-20(13-15)16-17-10-7-11-18-16/h7,10-11,14-15,19H,3-6,8-9,12-13H2,1-2H3. The highest BCUT2D eigenvalue weighted by molar-refractivity contribution is 5.29. The van der Waals surface area contributed by atoms with Gasteiger partial charge in [-0.05, 0) is 31.7 Å². The molecule has 1 aromatic rings. The van der Waals surface area contributed by atoms with Crippen molar-refractivity contribution in [1.29, 1.82) is 0 Å². The van der Waals surface area contributed by atoms with Crippen molar-refractivity contribution in [1.82, 2.24) is 15.3 Å². The second-order valence-electron chi connectivity index (χ2n) is 5.75. The number of nitrogens with one attached hydrogen (secondary N) is 1. The quantitative estimate of drug-likeness (QED) is 0.831. The van der Waals surface area contributed by atoms with Gasteiger partial charge in [-0.15, -0.1) is 0 Å². The number of piperidine rings is 1. The lowest BCUT2D eigenvalue weighted by molar-refractivity contribution is 0.348. The number of unbranched alkanes of at least 4 members (excludes halogenated alkanes) is 1. The molecule has 0 amide bonds. The van der Waals surface area contributed by atoms with Gasteiger partial charge in [0, 0.05) is 37.6 Å². The van der Waals surface area contributed by atoms with E-state index in [0.717, 1.165) is 19.0 Å². The Balaban J connectivity index is 1.86. The molecule has 2 rings (SSSR count). The van der Waals surface area contributed by atoms with Crippen LogP contribution >= 0.6 is 0 Å². The Morgan fingerprint density at radius 3 is 2.85 bits per heavy atom. The first-order valence-electron chi connectivity index (χ1n) is 8.11. The van der Waals surface area contributed by atoms with Gasteiger partial charge < -0.3 is 10.2 Å². The van der Waals surface area contributed by atoms with Crippen LogP contribution < -0.4 is 10.2 Å². The zero-order valence-corrected chi connectivity index (χ0v) is 12.9. The Kier molecular flexibility index (Phi) is 6.25. The molecule has 0 spiro atoms. The molecule has 0 aliphatic carbocycles. The van der Waals surface area contributed by atoms with Gasteiger partial charge in [-0.2, -0.15) is 0 Å². The maximum absolute atomic E-state index is 4.37. The van der Waals surface area contributed by atoms with Crippen molar-refractivity contribution >= 4 is 5.95 Å². The zero-order chi connectivity index (χ0) is 14.2. The Morgan fingerprint density at radius 1 is 1.35 bits per heavy atom. The molecule has 2 unspecified atom stereocenters. The van der Waals surface area contributed by atoms with Gasteiger partial charge in [-0.1, -0.05) is 26.7 Å². The van der Waals surface area contributed by atoms with E-state index in [-0.39, 0.29) is 0 Å². The molecule has 4 nitrogen and oxygen atoms in total. The molecule has 0 radical (unpaired) electrons. The van der Waals surface area contributed by atoms with E-state index in [4.69, 9.17) is 0 Å². The zero-order valence-electron chi connectivity index (χ0n) is 12.9. The lowest BCUT2D eigenvalue weighted by Gasteiger charge is -2.35. The van der Waals surface area contributed by atoms with Crippen molar-refractivity contribution < 1.29 is 0 Å². The number of aromatic nitrogens is 2. The molecule has 2 heterocycles. The molecule has 0 aromatic carbocycles. The van der Waals surface area contributed by atoms with E-state index in [1.54, 1.807) is 0 Å². The summed E-state index contributed by atoms with van der Waals surface area (Å²) in [6, 6.07) is 3.12. The third-order valence-electron chi connectivity index (χ3n) is 4.13. The summed E-state index contributed by atoms with van der Waals surface area (Å²) in [5, 5.41) is 3.84. The van der Waals surface area contributed by atoms with Crippen LogP contribution in [0.3, 0.4) is 0 Å². The number of rotatable bonds is 7. The van der Waals surface area contributed by atoms with E-state index < -0.39 is 0 Å². The predicted molar refractivity (Wildman–Crippen MR) is 84.0 cm³/mol. The summed E-state index contributed by atoms with van der Waals surface area (Å²) in [4.78, 5) is 11.1. The first kappa shape index (κ1) is 15.2. The summed E-state index contributed by atoms with van der Waals surface area (Å²) in [5.74, 6) is 0.876. The highest BCUT2D eigenvalue weighted by Crippen LogP contribution is 2.17. The fourth-order valence-corrected chi connectivity index (χ4v) is 2.94. The molecule has 1 aliphatic heterocycles. The molecule has 1 saturated heterocycles. The van der Waals surface area contributed by atoms with E-state index >= 15 is 0 Å². The third-order valence-corrected chi connectivity index (χ3v) is 4.13. The number of nitrogens with zero attached hydrogens (tertiary/aromatic N) is 3. The molecular weight excluding hydrogens is 248 g/mol. The van der Waals surface area contributed by atoms with E-state index in [2.05, 4.69) is 34.0 Å². The normalized spacial score (nSPS) is 20.9. The largest absolute Gasteiger partial charge is 0.339 e. The summed E-state index contributed by atoms with van der Waals surface area (Å²) >= 11 is 0. The lowest BCUT2D eigenvalue weighted by atomic mass is 10.0. The fourth-order valence-electron chi connectivity index (χ4n) is 2.94. The van der Waals surface area contributed by atoms with Gasteiger partial charge >= 0.3 is 0 Å². The van der Waals surface area contributed by atoms with Gasteiger partial charge in [-0.25, -0.2) is 9.97 Å². The van der Waals surface area contributed by atoms with E-state index in [1.807, 2.05) is 18.5 Å². The average Bonchev–Trinajstić information content (AvgIpc) is 2.52. The van der Waals surface area contributed by atoms with Crippen LogP contribution in [0.2, 0.25) is 0 Å². The molecular formula is C16H28N4. The molecule has 1 aliphatic rings. The molecule has 0 saturated carbocycles. The van der Waals surface area contributed by atoms with Crippen LogP contribution in [0.25, 0.3) is 0 Å². The minimum absolute atomic E-state index is 0.578. The summed E-state index contributed by atoms with van der Waals surface area (Å²) in [7, 11) is 0. The molecule has 0 bridgehead atoms. The first-order valence-corrected chi connectivity index (χ1v) is 8.11. The van der Waals surface area contributed by atoms with Crippen LogP contribution in [0.4, 0.5) is 5.95 Å². The molecule has 2 atom stereocenters. The molecule has 1 fully saturated rings. The second kappa shape index (κ2) is 8.20. The topological polar surface area (TPSA) is 41.0 Å². The van der Waals surface area contributed by atoms with E-state index in [9.17, 15) is 0 Å². The summed E-state index contributed by atoms with van der Waals surface area (Å²) < 4.78 is 0. The Labute approximate surface area is 123 Å². The first-order chi connectivity index (χ1) is 9.83. The number of anilines is 1. The van der Waals surface area contributed by atoms with Crippen molar-refractivity contribution in [3.05, 3.63) is 18.5 Å². The third kappa shape index (κ3) is 4.44. The summed E-state index contributed by atoms with van der Waals surface area (Å²) in [6.07, 6.45) is 11.3. The highest BCUT2D eigenvalue weighted by atomic mass is 15.3. The monoisotopic (exact) mass is 276 g/mol. The fraction of sp³-hybridized carbons (Fsp3) is 0.750. The Morgan fingerprint density at radius 2 is 2.15 bits per heavy atom. The maximum Gasteiger partial charge on any atom is 0.225 e. The smallest absolute Gasteiger partial charge is 0.225 e. The van der Waals surface area contributed by atoms with Crippen LogP contribution in [0, 0.1) is 0 Å². The summed E-state index contributed by atoms with van der Waals surface area (Å²) in [5.41, 5.74) is 0. The number of hydrogen-bond donors (Lipinski definition) is 1. The van der Waals surface area contributed by atoms with Crippen LogP contribution in [0.15, 0.2) is 18.5 Å². The average molecular weight is 276 g/mol. The Hall–Kier alpha value is -1.16. The van der Waals surface area contributed by atoms with Crippen LogP contribution in [0.1, 0.15) is 52.4 Å². The van der Waals surface area contributed by atoms with Crippen LogP contribution in [-0.4, -0.2) is 35.1 Å². The maximum atomic E-state index is 4.37. The Bertz CT molecular complexity index is 368. The molecule has 1 aromatic heterocycles. The van der Waals surface area contributed by atoms with Gasteiger partial charge in [0.05, 0.1) is 0 Å². The second-order valence-corrected chi connectivity index (χ2v) is 5.75. The van der Waals surface area contributed by atoms with Crippen LogP contribution in [0.5, 0.6) is 0 Å². The molecule has 20 heavy (non-hydrogen) atoms.